The molecule has 0 saturated heterocycles. The zero-order chi connectivity index (χ0) is 14.7. The standard InChI is InChI=1S/C16H12ClN3O/c17-16-14(15(19-21)12-7-3-1-4-8-12)11-18-20(16)13-9-5-2-6-10-13/h1-11,21H/b19-15+. The van der Waals surface area contributed by atoms with Crippen molar-refractivity contribution in [3.63, 3.8) is 0 Å². The number of hydrogen-bond donors (Lipinski definition) is 1. The van der Waals surface area contributed by atoms with Gasteiger partial charge in [0.25, 0.3) is 0 Å². The number of nitrogens with zero attached hydrogens (tertiary/aromatic N) is 3. The normalized spacial score (nSPS) is 11.6. The molecule has 0 aliphatic carbocycles. The number of hydrogen-bond acceptors (Lipinski definition) is 3. The van der Waals surface area contributed by atoms with Crippen LogP contribution in [0, 0.1) is 0 Å². The summed E-state index contributed by atoms with van der Waals surface area (Å²) in [5.74, 6) is 0. The summed E-state index contributed by atoms with van der Waals surface area (Å²) in [4.78, 5) is 0. The molecule has 0 amide bonds. The highest BCUT2D eigenvalue weighted by atomic mass is 35.5. The largest absolute Gasteiger partial charge is 0.410 e. The van der Waals surface area contributed by atoms with Gasteiger partial charge in [0.2, 0.25) is 0 Å². The Morgan fingerprint density at radius 3 is 2.24 bits per heavy atom. The molecule has 0 unspecified atom stereocenters. The Bertz CT molecular complexity index is 767. The van der Waals surface area contributed by atoms with Crippen LogP contribution < -0.4 is 0 Å². The monoisotopic (exact) mass is 297 g/mol. The highest BCUT2D eigenvalue weighted by Crippen LogP contribution is 2.23. The van der Waals surface area contributed by atoms with Crippen LogP contribution in [0.15, 0.2) is 72.0 Å². The van der Waals surface area contributed by atoms with Crippen LogP contribution in [0.5, 0.6) is 0 Å². The molecule has 0 aliphatic heterocycles. The minimum atomic E-state index is 0.391. The van der Waals surface area contributed by atoms with Crippen molar-refractivity contribution in [1.82, 2.24) is 9.78 Å². The fourth-order valence-corrected chi connectivity index (χ4v) is 2.38. The fraction of sp³-hybridized carbons (Fsp3) is 0. The average molecular weight is 298 g/mol. The SMILES string of the molecule is O/N=C(\c1ccccc1)c1cnn(-c2ccccc2)c1Cl. The lowest BCUT2D eigenvalue weighted by atomic mass is 10.1. The number of para-hydroxylation sites is 1. The van der Waals surface area contributed by atoms with E-state index in [2.05, 4.69) is 10.3 Å². The second-order valence-corrected chi connectivity index (χ2v) is 4.77. The first kappa shape index (κ1) is 13.4. The van der Waals surface area contributed by atoms with Crippen LogP contribution in [-0.4, -0.2) is 20.7 Å². The fourth-order valence-electron chi connectivity index (χ4n) is 2.10. The van der Waals surface area contributed by atoms with Gasteiger partial charge in [-0.15, -0.1) is 0 Å². The molecular formula is C16H12ClN3O. The Hall–Kier alpha value is -2.59. The van der Waals surface area contributed by atoms with Gasteiger partial charge in [-0.3, -0.25) is 0 Å². The molecule has 4 nitrogen and oxygen atoms in total. The minimum Gasteiger partial charge on any atom is -0.410 e. The lowest BCUT2D eigenvalue weighted by Gasteiger charge is -2.05. The summed E-state index contributed by atoms with van der Waals surface area (Å²) in [6, 6.07) is 18.9. The first-order chi connectivity index (χ1) is 10.3. The maximum absolute atomic E-state index is 9.33. The lowest BCUT2D eigenvalue weighted by molar-refractivity contribution is 0.319. The molecule has 1 heterocycles. The molecule has 1 aromatic heterocycles. The molecule has 0 fully saturated rings. The Kier molecular flexibility index (Phi) is 3.71. The van der Waals surface area contributed by atoms with Gasteiger partial charge in [-0.1, -0.05) is 65.3 Å². The summed E-state index contributed by atoms with van der Waals surface area (Å²) in [6.07, 6.45) is 1.59. The van der Waals surface area contributed by atoms with Crippen LogP contribution in [-0.2, 0) is 0 Å². The Labute approximate surface area is 126 Å². The first-order valence-corrected chi connectivity index (χ1v) is 6.76. The van der Waals surface area contributed by atoms with Gasteiger partial charge < -0.3 is 5.21 Å². The van der Waals surface area contributed by atoms with E-state index in [1.165, 1.54) is 0 Å². The van der Waals surface area contributed by atoms with Gasteiger partial charge in [0.1, 0.15) is 10.9 Å². The van der Waals surface area contributed by atoms with E-state index >= 15 is 0 Å². The number of oxime groups is 1. The van der Waals surface area contributed by atoms with Gasteiger partial charge in [0.05, 0.1) is 17.4 Å². The number of aromatic nitrogens is 2. The highest BCUT2D eigenvalue weighted by molar-refractivity contribution is 6.34. The van der Waals surface area contributed by atoms with E-state index in [9.17, 15) is 5.21 Å². The summed E-state index contributed by atoms with van der Waals surface area (Å²) >= 11 is 6.39. The van der Waals surface area contributed by atoms with Crippen molar-refractivity contribution >= 4 is 17.3 Å². The van der Waals surface area contributed by atoms with Crippen molar-refractivity contribution in [1.29, 1.82) is 0 Å². The summed E-state index contributed by atoms with van der Waals surface area (Å²) in [5.41, 5.74) is 2.59. The Morgan fingerprint density at radius 1 is 1.00 bits per heavy atom. The van der Waals surface area contributed by atoms with Crippen molar-refractivity contribution in [3.8, 4) is 5.69 Å². The lowest BCUT2D eigenvalue weighted by Crippen LogP contribution is -2.03. The zero-order valence-corrected chi connectivity index (χ0v) is 11.8. The molecular weight excluding hydrogens is 286 g/mol. The molecule has 0 spiro atoms. The predicted molar refractivity (Wildman–Crippen MR) is 82.4 cm³/mol. The average Bonchev–Trinajstić information content (AvgIpc) is 2.92. The summed E-state index contributed by atoms with van der Waals surface area (Å²) in [7, 11) is 0. The van der Waals surface area contributed by atoms with Crippen molar-refractivity contribution in [2.24, 2.45) is 5.16 Å². The van der Waals surface area contributed by atoms with Crippen LogP contribution >= 0.6 is 11.6 Å². The van der Waals surface area contributed by atoms with Gasteiger partial charge in [0.15, 0.2) is 0 Å². The van der Waals surface area contributed by atoms with Crippen molar-refractivity contribution in [3.05, 3.63) is 83.1 Å². The maximum atomic E-state index is 9.33. The third kappa shape index (κ3) is 2.53. The molecule has 21 heavy (non-hydrogen) atoms. The molecule has 3 aromatic rings. The van der Waals surface area contributed by atoms with Gasteiger partial charge in [-0.2, -0.15) is 5.10 Å². The van der Waals surface area contributed by atoms with Gasteiger partial charge >= 0.3 is 0 Å². The molecule has 2 aromatic carbocycles. The third-order valence-corrected chi connectivity index (χ3v) is 3.48. The first-order valence-electron chi connectivity index (χ1n) is 6.38. The third-order valence-electron chi connectivity index (χ3n) is 3.11. The van der Waals surface area contributed by atoms with E-state index in [1.54, 1.807) is 10.9 Å². The van der Waals surface area contributed by atoms with Crippen molar-refractivity contribution < 1.29 is 5.21 Å². The predicted octanol–water partition coefficient (Wildman–Crippen LogP) is 3.75. The molecule has 0 radical (unpaired) electrons. The van der Waals surface area contributed by atoms with E-state index in [4.69, 9.17) is 11.6 Å². The van der Waals surface area contributed by atoms with Crippen LogP contribution in [0.4, 0.5) is 0 Å². The molecule has 3 rings (SSSR count). The number of halogens is 1. The second-order valence-electron chi connectivity index (χ2n) is 4.41. The maximum Gasteiger partial charge on any atom is 0.142 e. The molecule has 0 atom stereocenters. The molecule has 104 valence electrons. The molecule has 1 N–H and O–H groups in total. The second kappa shape index (κ2) is 5.81. The van der Waals surface area contributed by atoms with Crippen LogP contribution in [0.3, 0.4) is 0 Å². The quantitative estimate of drug-likeness (QED) is 0.455. The topological polar surface area (TPSA) is 50.4 Å². The summed E-state index contributed by atoms with van der Waals surface area (Å²) in [6.45, 7) is 0. The molecule has 0 aliphatic rings. The van der Waals surface area contributed by atoms with E-state index in [-0.39, 0.29) is 0 Å². The van der Waals surface area contributed by atoms with Crippen LogP contribution in [0.2, 0.25) is 5.15 Å². The van der Waals surface area contributed by atoms with Gasteiger partial charge in [0, 0.05) is 5.56 Å². The van der Waals surface area contributed by atoms with Crippen LogP contribution in [0.1, 0.15) is 11.1 Å². The smallest absolute Gasteiger partial charge is 0.142 e. The van der Waals surface area contributed by atoms with E-state index in [0.717, 1.165) is 11.3 Å². The molecule has 0 bridgehead atoms. The summed E-state index contributed by atoms with van der Waals surface area (Å²) in [5, 5.41) is 17.4. The Balaban J connectivity index is 2.07. The minimum absolute atomic E-state index is 0.391. The Morgan fingerprint density at radius 2 is 1.62 bits per heavy atom. The number of benzene rings is 2. The number of rotatable bonds is 3. The zero-order valence-electron chi connectivity index (χ0n) is 11.0. The van der Waals surface area contributed by atoms with E-state index < -0.39 is 0 Å². The van der Waals surface area contributed by atoms with Gasteiger partial charge in [-0.05, 0) is 12.1 Å². The van der Waals surface area contributed by atoms with E-state index in [0.29, 0.717) is 16.4 Å². The van der Waals surface area contributed by atoms with Crippen LogP contribution in [0.25, 0.3) is 5.69 Å². The van der Waals surface area contributed by atoms with E-state index in [1.807, 2.05) is 60.7 Å². The summed E-state index contributed by atoms with van der Waals surface area (Å²) < 4.78 is 1.60. The molecule has 5 heteroatoms. The highest BCUT2D eigenvalue weighted by Gasteiger charge is 2.17. The van der Waals surface area contributed by atoms with Crippen molar-refractivity contribution in [2.45, 2.75) is 0 Å². The van der Waals surface area contributed by atoms with Gasteiger partial charge in [-0.25, -0.2) is 4.68 Å². The van der Waals surface area contributed by atoms with Crippen molar-refractivity contribution in [2.75, 3.05) is 0 Å². The molecule has 0 saturated carbocycles.